The van der Waals surface area contributed by atoms with Gasteiger partial charge in [0.1, 0.15) is 0 Å². The number of amides is 1. The monoisotopic (exact) mass is 203 g/mol. The molecule has 0 aliphatic rings. The van der Waals surface area contributed by atoms with Gasteiger partial charge in [-0.15, -0.1) is 6.42 Å². The van der Waals surface area contributed by atoms with Crippen LogP contribution in [0.2, 0.25) is 0 Å². The molecule has 1 unspecified atom stereocenters. The van der Waals surface area contributed by atoms with Crippen LogP contribution in [0.4, 0.5) is 0 Å². The molecule has 78 valence electrons. The van der Waals surface area contributed by atoms with E-state index in [1.54, 1.807) is 6.07 Å². The second-order valence-electron chi connectivity index (χ2n) is 3.11. The van der Waals surface area contributed by atoms with Crippen LogP contribution in [-0.2, 0) is 0 Å². The average Bonchev–Trinajstić information content (AvgIpc) is 2.29. The second kappa shape index (κ2) is 5.76. The van der Waals surface area contributed by atoms with Crippen LogP contribution >= 0.6 is 0 Å². The minimum absolute atomic E-state index is 0.207. The molecule has 0 saturated carbocycles. The van der Waals surface area contributed by atoms with Gasteiger partial charge in [-0.3, -0.25) is 4.79 Å². The van der Waals surface area contributed by atoms with E-state index in [0.29, 0.717) is 5.56 Å². The number of rotatable bonds is 4. The minimum Gasteiger partial charge on any atom is -0.338 e. The Morgan fingerprint density at radius 2 is 2.47 bits per heavy atom. The quantitative estimate of drug-likeness (QED) is 0.743. The summed E-state index contributed by atoms with van der Waals surface area (Å²) in [5, 5.41) is 9.96. The van der Waals surface area contributed by atoms with Gasteiger partial charge in [0, 0.05) is 0 Å². The predicted octanol–water partition coefficient (Wildman–Crippen LogP) is 1.01. The Hall–Kier alpha value is -1.89. The van der Waals surface area contributed by atoms with Crippen LogP contribution in [0.1, 0.15) is 30.1 Å². The van der Waals surface area contributed by atoms with Crippen molar-refractivity contribution >= 4 is 5.91 Å². The van der Waals surface area contributed by atoms with Gasteiger partial charge in [-0.1, -0.05) is 19.3 Å². The summed E-state index contributed by atoms with van der Waals surface area (Å²) >= 11 is 0. The summed E-state index contributed by atoms with van der Waals surface area (Å²) in [7, 11) is 0. The normalized spacial score (nSPS) is 11.5. The largest absolute Gasteiger partial charge is 0.338 e. The van der Waals surface area contributed by atoms with E-state index in [1.165, 1.54) is 12.4 Å². The van der Waals surface area contributed by atoms with E-state index in [1.807, 2.05) is 6.92 Å². The summed E-state index contributed by atoms with van der Waals surface area (Å²) in [5.41, 5.74) is 0.473. The van der Waals surface area contributed by atoms with E-state index in [9.17, 15) is 4.79 Å². The molecular formula is C11H13N3O. The van der Waals surface area contributed by atoms with Crippen molar-refractivity contribution in [1.82, 2.24) is 15.5 Å². The van der Waals surface area contributed by atoms with Gasteiger partial charge >= 0.3 is 0 Å². The molecule has 1 N–H and O–H groups in total. The molecule has 1 amide bonds. The summed E-state index contributed by atoms with van der Waals surface area (Å²) < 4.78 is 0. The molecule has 0 bridgehead atoms. The summed E-state index contributed by atoms with van der Waals surface area (Å²) in [6.07, 6.45) is 9.89. The van der Waals surface area contributed by atoms with Gasteiger partial charge in [-0.25, -0.2) is 0 Å². The first kappa shape index (κ1) is 11.2. The zero-order valence-corrected chi connectivity index (χ0v) is 8.60. The number of aromatic nitrogens is 2. The zero-order valence-electron chi connectivity index (χ0n) is 8.60. The molecule has 0 radical (unpaired) electrons. The maximum absolute atomic E-state index is 11.6. The molecular weight excluding hydrogens is 190 g/mol. The fraction of sp³-hybridized carbons (Fsp3) is 0.364. The average molecular weight is 203 g/mol. The van der Waals surface area contributed by atoms with Crippen molar-refractivity contribution in [2.75, 3.05) is 0 Å². The van der Waals surface area contributed by atoms with Crippen LogP contribution in [0.15, 0.2) is 18.5 Å². The standard InChI is InChI=1S/C11H13N3O/c1-3-5-10(4-2)14-11(15)9-6-7-12-13-8-9/h2,6-8,10H,3,5H2,1H3,(H,14,15). The van der Waals surface area contributed by atoms with Crippen molar-refractivity contribution in [1.29, 1.82) is 0 Å². The highest BCUT2D eigenvalue weighted by molar-refractivity contribution is 5.94. The molecule has 1 heterocycles. The predicted molar refractivity (Wildman–Crippen MR) is 57.0 cm³/mol. The lowest BCUT2D eigenvalue weighted by molar-refractivity contribution is 0.0943. The third-order valence-corrected chi connectivity index (χ3v) is 1.93. The van der Waals surface area contributed by atoms with Crippen molar-refractivity contribution in [2.45, 2.75) is 25.8 Å². The Morgan fingerprint density at radius 3 is 3.00 bits per heavy atom. The molecule has 15 heavy (non-hydrogen) atoms. The maximum Gasteiger partial charge on any atom is 0.253 e. The van der Waals surface area contributed by atoms with Crippen molar-refractivity contribution in [3.8, 4) is 12.3 Å². The fourth-order valence-electron chi connectivity index (χ4n) is 1.15. The van der Waals surface area contributed by atoms with E-state index in [0.717, 1.165) is 12.8 Å². The van der Waals surface area contributed by atoms with Gasteiger partial charge in [0.2, 0.25) is 0 Å². The lowest BCUT2D eigenvalue weighted by Gasteiger charge is -2.11. The van der Waals surface area contributed by atoms with Crippen molar-refractivity contribution in [2.24, 2.45) is 0 Å². The molecule has 4 nitrogen and oxygen atoms in total. The summed E-state index contributed by atoms with van der Waals surface area (Å²) in [4.78, 5) is 11.6. The van der Waals surface area contributed by atoms with Crippen LogP contribution in [0.3, 0.4) is 0 Å². The number of carbonyl (C=O) groups excluding carboxylic acids is 1. The summed E-state index contributed by atoms with van der Waals surface area (Å²) in [5.74, 6) is 2.33. The van der Waals surface area contributed by atoms with Gasteiger partial charge in [0.05, 0.1) is 24.0 Å². The van der Waals surface area contributed by atoms with Crippen molar-refractivity contribution in [3.63, 3.8) is 0 Å². The SMILES string of the molecule is C#CC(CCC)NC(=O)c1ccnnc1. The molecule has 0 aliphatic heterocycles. The molecule has 1 aromatic heterocycles. The van der Waals surface area contributed by atoms with E-state index >= 15 is 0 Å². The first-order chi connectivity index (χ1) is 7.27. The van der Waals surface area contributed by atoms with Crippen molar-refractivity contribution < 1.29 is 4.79 Å². The number of hydrogen-bond donors (Lipinski definition) is 1. The van der Waals surface area contributed by atoms with Gasteiger partial charge in [-0.2, -0.15) is 10.2 Å². The molecule has 0 fully saturated rings. The molecule has 0 spiro atoms. The molecule has 0 aromatic carbocycles. The number of nitrogens with zero attached hydrogens (tertiary/aromatic N) is 2. The van der Waals surface area contributed by atoms with E-state index < -0.39 is 0 Å². The lowest BCUT2D eigenvalue weighted by atomic mass is 10.1. The second-order valence-corrected chi connectivity index (χ2v) is 3.11. The van der Waals surface area contributed by atoms with E-state index in [2.05, 4.69) is 21.4 Å². The third kappa shape index (κ3) is 3.39. The first-order valence-corrected chi connectivity index (χ1v) is 4.81. The molecule has 4 heteroatoms. The van der Waals surface area contributed by atoms with Gasteiger partial charge in [-0.05, 0) is 12.5 Å². The molecule has 0 saturated heterocycles. The fourth-order valence-corrected chi connectivity index (χ4v) is 1.15. The highest BCUT2D eigenvalue weighted by Crippen LogP contribution is 1.99. The Labute approximate surface area is 89.1 Å². The topological polar surface area (TPSA) is 54.9 Å². The number of nitrogens with one attached hydrogen (secondary N) is 1. The number of hydrogen-bond acceptors (Lipinski definition) is 3. The minimum atomic E-state index is -0.212. The van der Waals surface area contributed by atoms with Crippen LogP contribution in [0.5, 0.6) is 0 Å². The number of terminal acetylenes is 1. The maximum atomic E-state index is 11.6. The summed E-state index contributed by atoms with van der Waals surface area (Å²) in [6.45, 7) is 2.02. The van der Waals surface area contributed by atoms with Crippen LogP contribution in [-0.4, -0.2) is 22.1 Å². The number of carbonyl (C=O) groups is 1. The lowest BCUT2D eigenvalue weighted by Crippen LogP contribution is -2.33. The molecule has 1 rings (SSSR count). The van der Waals surface area contributed by atoms with Gasteiger partial charge in [0.15, 0.2) is 0 Å². The smallest absolute Gasteiger partial charge is 0.253 e. The van der Waals surface area contributed by atoms with Crippen LogP contribution in [0.25, 0.3) is 0 Å². The Balaban J connectivity index is 2.60. The van der Waals surface area contributed by atoms with E-state index in [4.69, 9.17) is 6.42 Å². The Bertz CT molecular complexity index is 356. The Morgan fingerprint density at radius 1 is 1.67 bits per heavy atom. The van der Waals surface area contributed by atoms with Gasteiger partial charge < -0.3 is 5.32 Å². The Kier molecular flexibility index (Phi) is 4.30. The summed E-state index contributed by atoms with van der Waals surface area (Å²) in [6, 6.07) is 1.39. The molecule has 0 aliphatic carbocycles. The first-order valence-electron chi connectivity index (χ1n) is 4.81. The van der Waals surface area contributed by atoms with Crippen LogP contribution in [0, 0.1) is 12.3 Å². The molecule has 1 aromatic rings. The highest BCUT2D eigenvalue weighted by Gasteiger charge is 2.10. The van der Waals surface area contributed by atoms with E-state index in [-0.39, 0.29) is 11.9 Å². The van der Waals surface area contributed by atoms with Crippen LogP contribution < -0.4 is 5.32 Å². The molecule has 1 atom stereocenters. The van der Waals surface area contributed by atoms with Gasteiger partial charge in [0.25, 0.3) is 5.91 Å². The zero-order chi connectivity index (χ0) is 11.1. The van der Waals surface area contributed by atoms with Crippen molar-refractivity contribution in [3.05, 3.63) is 24.0 Å². The highest BCUT2D eigenvalue weighted by atomic mass is 16.1. The third-order valence-electron chi connectivity index (χ3n) is 1.93.